The summed E-state index contributed by atoms with van der Waals surface area (Å²) in [5.41, 5.74) is 8.28. The van der Waals surface area contributed by atoms with Gasteiger partial charge in [0.05, 0.1) is 22.1 Å². The zero-order chi connectivity index (χ0) is 18.5. The number of amides is 1. The molecule has 1 fully saturated rings. The quantitative estimate of drug-likeness (QED) is 0.766. The Bertz CT molecular complexity index is 767. The fraction of sp³-hybridized carbons (Fsp3) is 0.350. The van der Waals surface area contributed by atoms with Gasteiger partial charge in [0, 0.05) is 12.6 Å². The van der Waals surface area contributed by atoms with E-state index in [1.165, 1.54) is 6.42 Å². The smallest absolute Gasteiger partial charge is 0.262 e. The van der Waals surface area contributed by atoms with Gasteiger partial charge in [-0.05, 0) is 50.5 Å². The van der Waals surface area contributed by atoms with Crippen LogP contribution in [0, 0.1) is 0 Å². The summed E-state index contributed by atoms with van der Waals surface area (Å²) in [6, 6.07) is 13.2. The van der Waals surface area contributed by atoms with Crippen LogP contribution in [0.25, 0.3) is 0 Å². The molecule has 26 heavy (non-hydrogen) atoms. The summed E-state index contributed by atoms with van der Waals surface area (Å²) in [5.74, 6) is 0.382. The van der Waals surface area contributed by atoms with E-state index in [1.54, 1.807) is 18.2 Å². The van der Waals surface area contributed by atoms with Crippen molar-refractivity contribution in [3.8, 4) is 5.75 Å². The number of nitrogens with zero attached hydrogens (tertiary/aromatic N) is 1. The van der Waals surface area contributed by atoms with Crippen molar-refractivity contribution in [2.24, 2.45) is 0 Å². The second-order valence-corrected chi connectivity index (χ2v) is 6.99. The summed E-state index contributed by atoms with van der Waals surface area (Å²) in [6.07, 6.45) is 3.50. The van der Waals surface area contributed by atoms with E-state index in [0.717, 1.165) is 25.1 Å². The molecule has 0 bridgehead atoms. The topological polar surface area (TPSA) is 67.6 Å². The number of hydrogen-bond acceptors (Lipinski definition) is 4. The summed E-state index contributed by atoms with van der Waals surface area (Å²) in [6.45, 7) is 3.07. The summed E-state index contributed by atoms with van der Waals surface area (Å²) in [4.78, 5) is 14.5. The second-order valence-electron chi connectivity index (χ2n) is 6.58. The first-order valence-electron chi connectivity index (χ1n) is 8.88. The Hall–Kier alpha value is -2.40. The maximum atomic E-state index is 12.2. The molecule has 0 radical (unpaired) electrons. The van der Waals surface area contributed by atoms with Gasteiger partial charge in [-0.1, -0.05) is 29.8 Å². The zero-order valence-electron chi connectivity index (χ0n) is 14.9. The largest absolute Gasteiger partial charge is 0.484 e. The molecule has 0 aromatic heterocycles. The van der Waals surface area contributed by atoms with Crippen LogP contribution in [0.2, 0.25) is 5.02 Å². The van der Waals surface area contributed by atoms with Crippen molar-refractivity contribution in [1.82, 2.24) is 0 Å². The number of anilines is 3. The van der Waals surface area contributed by atoms with Crippen LogP contribution in [0.4, 0.5) is 17.1 Å². The number of ether oxygens (including phenoxy) is 1. The van der Waals surface area contributed by atoms with Gasteiger partial charge in [-0.15, -0.1) is 0 Å². The van der Waals surface area contributed by atoms with Crippen LogP contribution in [0.15, 0.2) is 42.5 Å². The van der Waals surface area contributed by atoms with Gasteiger partial charge >= 0.3 is 0 Å². The molecule has 3 N–H and O–H groups in total. The summed E-state index contributed by atoms with van der Waals surface area (Å²) in [5, 5.41) is 3.24. The highest BCUT2D eigenvalue weighted by Crippen LogP contribution is 2.36. The second kappa shape index (κ2) is 8.32. The Balaban J connectivity index is 1.70. The van der Waals surface area contributed by atoms with Gasteiger partial charge in [-0.3, -0.25) is 4.79 Å². The highest BCUT2D eigenvalue weighted by atomic mass is 35.5. The van der Waals surface area contributed by atoms with E-state index < -0.39 is 0 Å². The van der Waals surface area contributed by atoms with Gasteiger partial charge < -0.3 is 20.7 Å². The van der Waals surface area contributed by atoms with Crippen LogP contribution >= 0.6 is 11.6 Å². The number of para-hydroxylation sites is 1. The van der Waals surface area contributed by atoms with Gasteiger partial charge in [0.1, 0.15) is 5.75 Å². The fourth-order valence-corrected chi connectivity index (χ4v) is 3.45. The van der Waals surface area contributed by atoms with Gasteiger partial charge in [-0.2, -0.15) is 0 Å². The van der Waals surface area contributed by atoms with Crippen molar-refractivity contribution >= 4 is 34.6 Å². The molecule has 1 aliphatic rings. The highest BCUT2D eigenvalue weighted by molar-refractivity contribution is 6.34. The molecule has 0 spiro atoms. The Labute approximate surface area is 159 Å². The number of benzene rings is 2. The average molecular weight is 374 g/mol. The number of piperidine rings is 1. The Morgan fingerprint density at radius 3 is 2.81 bits per heavy atom. The number of rotatable bonds is 5. The van der Waals surface area contributed by atoms with E-state index in [2.05, 4.69) is 17.1 Å². The fourth-order valence-electron chi connectivity index (χ4n) is 3.23. The van der Waals surface area contributed by atoms with Crippen LogP contribution in [0.1, 0.15) is 26.2 Å². The van der Waals surface area contributed by atoms with E-state index in [1.807, 2.05) is 24.3 Å². The molecule has 5 nitrogen and oxygen atoms in total. The minimum atomic E-state index is -0.266. The van der Waals surface area contributed by atoms with Crippen molar-refractivity contribution in [2.45, 2.75) is 32.2 Å². The van der Waals surface area contributed by atoms with E-state index in [0.29, 0.717) is 28.2 Å². The number of nitrogens with two attached hydrogens (primary N) is 1. The third-order valence-corrected chi connectivity index (χ3v) is 4.93. The molecule has 1 aliphatic heterocycles. The summed E-state index contributed by atoms with van der Waals surface area (Å²) < 4.78 is 5.48. The van der Waals surface area contributed by atoms with Crippen LogP contribution in [-0.2, 0) is 4.79 Å². The van der Waals surface area contributed by atoms with Crippen molar-refractivity contribution in [2.75, 3.05) is 29.1 Å². The molecule has 1 amide bonds. The van der Waals surface area contributed by atoms with E-state index >= 15 is 0 Å². The van der Waals surface area contributed by atoms with Gasteiger partial charge in [-0.25, -0.2) is 0 Å². The molecule has 6 heteroatoms. The molecule has 1 unspecified atom stereocenters. The van der Waals surface area contributed by atoms with Gasteiger partial charge in [0.15, 0.2) is 6.61 Å². The third-order valence-electron chi connectivity index (χ3n) is 4.62. The predicted molar refractivity (Wildman–Crippen MR) is 107 cm³/mol. The first kappa shape index (κ1) is 18.4. The standard InChI is InChI=1S/C20H24ClN3O2/c1-14-7-5-6-10-24(14)19-12-18(16(21)11-17(19)22)23-20(25)13-26-15-8-3-2-4-9-15/h2-4,8-9,11-12,14H,5-7,10,13,22H2,1H3,(H,23,25). The summed E-state index contributed by atoms with van der Waals surface area (Å²) >= 11 is 6.28. The molecule has 0 saturated carbocycles. The number of carbonyl (C=O) groups excluding carboxylic acids is 1. The Morgan fingerprint density at radius 1 is 1.31 bits per heavy atom. The lowest BCUT2D eigenvalue weighted by molar-refractivity contribution is -0.118. The number of nitrogens with one attached hydrogen (secondary N) is 1. The van der Waals surface area contributed by atoms with Crippen LogP contribution in [-0.4, -0.2) is 25.1 Å². The van der Waals surface area contributed by atoms with Crippen LogP contribution < -0.4 is 20.7 Å². The van der Waals surface area contributed by atoms with E-state index in [4.69, 9.17) is 22.1 Å². The normalized spacial score (nSPS) is 17.0. The monoisotopic (exact) mass is 373 g/mol. The first-order chi connectivity index (χ1) is 12.5. The lowest BCUT2D eigenvalue weighted by atomic mass is 10.0. The molecule has 3 rings (SSSR count). The summed E-state index contributed by atoms with van der Waals surface area (Å²) in [7, 11) is 0. The zero-order valence-corrected chi connectivity index (χ0v) is 15.6. The van der Waals surface area contributed by atoms with Crippen molar-refractivity contribution in [3.05, 3.63) is 47.5 Å². The van der Waals surface area contributed by atoms with Crippen molar-refractivity contribution < 1.29 is 9.53 Å². The van der Waals surface area contributed by atoms with Crippen LogP contribution in [0.5, 0.6) is 5.75 Å². The predicted octanol–water partition coefficient (Wildman–Crippen LogP) is 4.32. The van der Waals surface area contributed by atoms with Crippen molar-refractivity contribution in [3.63, 3.8) is 0 Å². The first-order valence-corrected chi connectivity index (χ1v) is 9.26. The van der Waals surface area contributed by atoms with Crippen LogP contribution in [0.3, 0.4) is 0 Å². The SMILES string of the molecule is CC1CCCCN1c1cc(NC(=O)COc2ccccc2)c(Cl)cc1N. The van der Waals surface area contributed by atoms with Crippen molar-refractivity contribution in [1.29, 1.82) is 0 Å². The number of halogens is 1. The molecule has 1 atom stereocenters. The Kier molecular flexibility index (Phi) is 5.89. The molecular weight excluding hydrogens is 350 g/mol. The van der Waals surface area contributed by atoms with E-state index in [9.17, 15) is 4.79 Å². The third kappa shape index (κ3) is 4.41. The molecular formula is C20H24ClN3O2. The van der Waals surface area contributed by atoms with Gasteiger partial charge in [0.2, 0.25) is 0 Å². The minimum absolute atomic E-state index is 0.0832. The lowest BCUT2D eigenvalue weighted by Crippen LogP contribution is -2.37. The maximum absolute atomic E-state index is 12.2. The van der Waals surface area contributed by atoms with Gasteiger partial charge in [0.25, 0.3) is 5.91 Å². The Morgan fingerprint density at radius 2 is 2.08 bits per heavy atom. The molecule has 1 saturated heterocycles. The molecule has 0 aliphatic carbocycles. The average Bonchev–Trinajstić information content (AvgIpc) is 2.64. The number of carbonyl (C=O) groups is 1. The maximum Gasteiger partial charge on any atom is 0.262 e. The number of nitrogen functional groups attached to an aromatic ring is 1. The highest BCUT2D eigenvalue weighted by Gasteiger charge is 2.22. The molecule has 1 heterocycles. The molecule has 138 valence electrons. The molecule has 2 aromatic rings. The van der Waals surface area contributed by atoms with E-state index in [-0.39, 0.29) is 12.5 Å². The molecule has 2 aromatic carbocycles. The minimum Gasteiger partial charge on any atom is -0.484 e. The lowest BCUT2D eigenvalue weighted by Gasteiger charge is -2.36. The number of hydrogen-bond donors (Lipinski definition) is 2.